The molecule has 1 atom stereocenters. The summed E-state index contributed by atoms with van der Waals surface area (Å²) >= 11 is 0. The van der Waals surface area contributed by atoms with Crippen molar-refractivity contribution >= 4 is 11.7 Å². The van der Waals surface area contributed by atoms with Crippen LogP contribution < -0.4 is 5.32 Å². The third kappa shape index (κ3) is 2.60. The zero-order chi connectivity index (χ0) is 13.1. The van der Waals surface area contributed by atoms with Crippen molar-refractivity contribution in [3.8, 4) is 0 Å². The van der Waals surface area contributed by atoms with Crippen LogP contribution in [0.15, 0.2) is 12.1 Å². The van der Waals surface area contributed by atoms with Crippen molar-refractivity contribution in [2.24, 2.45) is 11.8 Å². The molecule has 0 spiro atoms. The topological polar surface area (TPSA) is 58.1 Å². The second-order valence-corrected chi connectivity index (χ2v) is 5.10. The number of rotatable bonds is 3. The largest absolute Gasteiger partial charge is 0.372 e. The molecule has 0 aromatic carbocycles. The van der Waals surface area contributed by atoms with Crippen molar-refractivity contribution in [2.45, 2.75) is 20.3 Å². The number of carbonyl (C=O) groups is 1. The number of aromatic nitrogens is 2. The van der Waals surface area contributed by atoms with E-state index in [1.54, 1.807) is 19.2 Å². The van der Waals surface area contributed by atoms with Crippen LogP contribution in [-0.4, -0.2) is 41.1 Å². The Labute approximate surface area is 108 Å². The first-order valence-electron chi connectivity index (χ1n) is 6.42. The molecule has 1 N–H and O–H groups in total. The number of hydrogen-bond acceptors (Lipinski definition) is 4. The Balaban J connectivity index is 2.03. The molecule has 1 aromatic heterocycles. The molecule has 5 nitrogen and oxygen atoms in total. The summed E-state index contributed by atoms with van der Waals surface area (Å²) in [6.45, 7) is 6.09. The molecule has 2 heterocycles. The molecule has 1 aliphatic rings. The van der Waals surface area contributed by atoms with Gasteiger partial charge in [-0.15, -0.1) is 10.2 Å². The standard InChI is InChI=1S/C13H20N4O/c1-9(2)10-6-7-17(8-10)13(18)11-4-5-12(14-3)16-15-11/h4-5,9-10H,6-8H2,1-3H3,(H,14,16). The lowest BCUT2D eigenvalue weighted by Gasteiger charge is -2.17. The number of hydrogen-bond donors (Lipinski definition) is 1. The molecule has 1 aliphatic heterocycles. The molecule has 1 saturated heterocycles. The van der Waals surface area contributed by atoms with Gasteiger partial charge < -0.3 is 10.2 Å². The number of anilines is 1. The monoisotopic (exact) mass is 248 g/mol. The maximum atomic E-state index is 12.2. The summed E-state index contributed by atoms with van der Waals surface area (Å²) in [5, 5.41) is 10.8. The van der Waals surface area contributed by atoms with Crippen LogP contribution in [-0.2, 0) is 0 Å². The predicted octanol–water partition coefficient (Wildman–Crippen LogP) is 1.64. The first-order valence-corrected chi connectivity index (χ1v) is 6.42. The predicted molar refractivity (Wildman–Crippen MR) is 70.4 cm³/mol. The number of nitrogens with one attached hydrogen (secondary N) is 1. The Kier molecular flexibility index (Phi) is 3.79. The van der Waals surface area contributed by atoms with E-state index in [-0.39, 0.29) is 5.91 Å². The van der Waals surface area contributed by atoms with Crippen LogP contribution in [0.4, 0.5) is 5.82 Å². The fraction of sp³-hybridized carbons (Fsp3) is 0.615. The van der Waals surface area contributed by atoms with Crippen LogP contribution in [0.5, 0.6) is 0 Å². The van der Waals surface area contributed by atoms with E-state index in [2.05, 4.69) is 29.4 Å². The van der Waals surface area contributed by atoms with Crippen molar-refractivity contribution < 1.29 is 4.79 Å². The van der Waals surface area contributed by atoms with E-state index in [9.17, 15) is 4.79 Å². The fourth-order valence-corrected chi connectivity index (χ4v) is 2.26. The van der Waals surface area contributed by atoms with Gasteiger partial charge in [-0.1, -0.05) is 13.8 Å². The molecule has 0 saturated carbocycles. The number of nitrogens with zero attached hydrogens (tertiary/aromatic N) is 3. The van der Waals surface area contributed by atoms with Crippen molar-refractivity contribution in [2.75, 3.05) is 25.5 Å². The molecule has 1 fully saturated rings. The van der Waals surface area contributed by atoms with Gasteiger partial charge in [0.25, 0.3) is 5.91 Å². The maximum absolute atomic E-state index is 12.2. The van der Waals surface area contributed by atoms with Crippen LogP contribution in [0.1, 0.15) is 30.8 Å². The van der Waals surface area contributed by atoms with E-state index >= 15 is 0 Å². The highest BCUT2D eigenvalue weighted by molar-refractivity contribution is 5.92. The zero-order valence-corrected chi connectivity index (χ0v) is 11.2. The molecule has 0 aliphatic carbocycles. The van der Waals surface area contributed by atoms with Gasteiger partial charge in [-0.2, -0.15) is 0 Å². The van der Waals surface area contributed by atoms with Gasteiger partial charge in [-0.3, -0.25) is 4.79 Å². The summed E-state index contributed by atoms with van der Waals surface area (Å²) in [4.78, 5) is 14.1. The van der Waals surface area contributed by atoms with Gasteiger partial charge in [0.2, 0.25) is 0 Å². The summed E-state index contributed by atoms with van der Waals surface area (Å²) < 4.78 is 0. The molecule has 0 radical (unpaired) electrons. The van der Waals surface area contributed by atoms with Crippen molar-refractivity contribution in [1.29, 1.82) is 0 Å². The summed E-state index contributed by atoms with van der Waals surface area (Å²) in [7, 11) is 1.78. The van der Waals surface area contributed by atoms with E-state index in [1.807, 2.05) is 4.90 Å². The van der Waals surface area contributed by atoms with Crippen LogP contribution in [0, 0.1) is 11.8 Å². The third-order valence-corrected chi connectivity index (χ3v) is 3.59. The van der Waals surface area contributed by atoms with E-state index in [1.165, 1.54) is 0 Å². The molecule has 18 heavy (non-hydrogen) atoms. The average Bonchev–Trinajstić information content (AvgIpc) is 2.88. The Morgan fingerprint density at radius 3 is 2.72 bits per heavy atom. The number of likely N-dealkylation sites (tertiary alicyclic amines) is 1. The van der Waals surface area contributed by atoms with Crippen molar-refractivity contribution in [3.63, 3.8) is 0 Å². The number of carbonyl (C=O) groups excluding carboxylic acids is 1. The Hall–Kier alpha value is -1.65. The third-order valence-electron chi connectivity index (χ3n) is 3.59. The number of amides is 1. The van der Waals surface area contributed by atoms with Crippen LogP contribution in [0.2, 0.25) is 0 Å². The lowest BCUT2D eigenvalue weighted by atomic mass is 9.95. The minimum absolute atomic E-state index is 0.00620. The summed E-state index contributed by atoms with van der Waals surface area (Å²) in [6.07, 6.45) is 1.09. The van der Waals surface area contributed by atoms with Crippen molar-refractivity contribution in [1.82, 2.24) is 15.1 Å². The molecule has 1 unspecified atom stereocenters. The highest BCUT2D eigenvalue weighted by Crippen LogP contribution is 2.24. The van der Waals surface area contributed by atoms with Crippen LogP contribution in [0.25, 0.3) is 0 Å². The van der Waals surface area contributed by atoms with Gasteiger partial charge in [0, 0.05) is 20.1 Å². The lowest BCUT2D eigenvalue weighted by molar-refractivity contribution is 0.0777. The Morgan fingerprint density at radius 1 is 1.44 bits per heavy atom. The van der Waals surface area contributed by atoms with Gasteiger partial charge in [-0.05, 0) is 30.4 Å². The van der Waals surface area contributed by atoms with Gasteiger partial charge in [-0.25, -0.2) is 0 Å². The van der Waals surface area contributed by atoms with Gasteiger partial charge in [0.15, 0.2) is 5.69 Å². The molecule has 1 amide bonds. The van der Waals surface area contributed by atoms with E-state index < -0.39 is 0 Å². The molecule has 1 aromatic rings. The van der Waals surface area contributed by atoms with Gasteiger partial charge >= 0.3 is 0 Å². The first kappa shape index (κ1) is 12.8. The Bertz CT molecular complexity index is 416. The highest BCUT2D eigenvalue weighted by Gasteiger charge is 2.29. The summed E-state index contributed by atoms with van der Waals surface area (Å²) in [5.41, 5.74) is 0.429. The molecule has 5 heteroatoms. The van der Waals surface area contributed by atoms with E-state index in [0.29, 0.717) is 23.3 Å². The quantitative estimate of drug-likeness (QED) is 0.883. The zero-order valence-electron chi connectivity index (χ0n) is 11.2. The summed E-state index contributed by atoms with van der Waals surface area (Å²) in [5.74, 6) is 1.90. The second kappa shape index (κ2) is 5.33. The minimum atomic E-state index is -0.00620. The molecule has 0 bridgehead atoms. The molecule has 98 valence electrons. The smallest absolute Gasteiger partial charge is 0.274 e. The summed E-state index contributed by atoms with van der Waals surface area (Å²) in [6, 6.07) is 3.50. The SMILES string of the molecule is CNc1ccc(C(=O)N2CCC(C(C)C)C2)nn1. The van der Waals surface area contributed by atoms with Gasteiger partial charge in [0.05, 0.1) is 0 Å². The Morgan fingerprint density at radius 2 is 2.22 bits per heavy atom. The molecular formula is C13H20N4O. The van der Waals surface area contributed by atoms with Gasteiger partial charge in [0.1, 0.15) is 5.82 Å². The average molecular weight is 248 g/mol. The maximum Gasteiger partial charge on any atom is 0.274 e. The molecule has 2 rings (SSSR count). The van der Waals surface area contributed by atoms with Crippen LogP contribution in [0.3, 0.4) is 0 Å². The van der Waals surface area contributed by atoms with E-state index in [4.69, 9.17) is 0 Å². The highest BCUT2D eigenvalue weighted by atomic mass is 16.2. The molecular weight excluding hydrogens is 228 g/mol. The minimum Gasteiger partial charge on any atom is -0.372 e. The van der Waals surface area contributed by atoms with Crippen LogP contribution >= 0.6 is 0 Å². The fourth-order valence-electron chi connectivity index (χ4n) is 2.26. The van der Waals surface area contributed by atoms with E-state index in [0.717, 1.165) is 19.5 Å². The normalized spacial score (nSPS) is 19.3. The lowest BCUT2D eigenvalue weighted by Crippen LogP contribution is -2.30. The first-order chi connectivity index (χ1) is 8.61. The second-order valence-electron chi connectivity index (χ2n) is 5.10. The van der Waals surface area contributed by atoms with Crippen molar-refractivity contribution in [3.05, 3.63) is 17.8 Å².